The van der Waals surface area contributed by atoms with Gasteiger partial charge in [0.15, 0.2) is 0 Å². The smallest absolute Gasteiger partial charge is 0.0354 e. The average Bonchev–Trinajstić information content (AvgIpc) is 2.43. The van der Waals surface area contributed by atoms with Crippen LogP contribution < -0.4 is 0 Å². The molecule has 0 aliphatic heterocycles. The van der Waals surface area contributed by atoms with E-state index < -0.39 is 0 Å². The monoisotopic (exact) mass is 272 g/mol. The zero-order valence-corrected chi connectivity index (χ0v) is 15.9. The Morgan fingerprint density at radius 1 is 0.737 bits per heavy atom. The quantitative estimate of drug-likeness (QED) is 0.458. The van der Waals surface area contributed by atoms with Gasteiger partial charge in [-0.05, 0) is 30.1 Å². The van der Waals surface area contributed by atoms with Gasteiger partial charge in [0.2, 0.25) is 0 Å². The molecule has 19 heavy (non-hydrogen) atoms. The van der Waals surface area contributed by atoms with E-state index in [1.807, 2.05) is 27.7 Å². The Labute approximate surface area is 125 Å². The molecule has 0 atom stereocenters. The maximum atomic E-state index is 2.39. The normalized spacial score (nSPS) is 21.8. The lowest BCUT2D eigenvalue weighted by molar-refractivity contribution is 0.148. The van der Waals surface area contributed by atoms with Crippen LogP contribution in [0.3, 0.4) is 0 Å². The Morgan fingerprint density at radius 2 is 1.05 bits per heavy atom. The van der Waals surface area contributed by atoms with Gasteiger partial charge >= 0.3 is 0 Å². The van der Waals surface area contributed by atoms with Crippen LogP contribution in [0.15, 0.2) is 0 Å². The van der Waals surface area contributed by atoms with Crippen molar-refractivity contribution in [1.82, 2.24) is 0 Å². The third-order valence-corrected chi connectivity index (χ3v) is 3.65. The van der Waals surface area contributed by atoms with Crippen molar-refractivity contribution in [1.29, 1.82) is 0 Å². The molecule has 120 valence electrons. The molecule has 0 amide bonds. The summed E-state index contributed by atoms with van der Waals surface area (Å²) in [5.41, 5.74) is 0.554. The molecule has 1 aliphatic carbocycles. The molecule has 0 aromatic carbocycles. The second-order valence-corrected chi connectivity index (χ2v) is 6.20. The fraction of sp³-hybridized carbons (Fsp3) is 1.00. The van der Waals surface area contributed by atoms with E-state index in [4.69, 9.17) is 0 Å². The van der Waals surface area contributed by atoms with Gasteiger partial charge in [0.05, 0.1) is 0 Å². The lowest BCUT2D eigenvalue weighted by Crippen LogP contribution is -2.25. The summed E-state index contributed by atoms with van der Waals surface area (Å²) in [7, 11) is 0. The van der Waals surface area contributed by atoms with E-state index in [2.05, 4.69) is 41.5 Å². The Morgan fingerprint density at radius 3 is 1.26 bits per heavy atom. The van der Waals surface area contributed by atoms with Crippen molar-refractivity contribution in [2.24, 2.45) is 17.3 Å². The standard InChI is InChI=1S/C12H24.C3H8.2C2H6/c1-5-10-6-8-11(9-7-10)12(2,3)4;1-3-2;2*1-2/h10-11H,5-9H2,1-4H3;3H2,1-2H3;2*1-2H3. The average molecular weight is 273 g/mol. The SMILES string of the molecule is CC.CC.CCC.CCC1CCC(C(C)(C)C)CC1. The van der Waals surface area contributed by atoms with Crippen LogP contribution in [0.2, 0.25) is 0 Å². The van der Waals surface area contributed by atoms with Gasteiger partial charge in [-0.3, -0.25) is 0 Å². The molecule has 0 heteroatoms. The third-order valence-electron chi connectivity index (χ3n) is 3.65. The van der Waals surface area contributed by atoms with Crippen LogP contribution in [0.4, 0.5) is 0 Å². The van der Waals surface area contributed by atoms with E-state index in [1.54, 1.807) is 0 Å². The Hall–Kier alpha value is 0. The summed E-state index contributed by atoms with van der Waals surface area (Å²) in [6.45, 7) is 21.8. The van der Waals surface area contributed by atoms with Gasteiger partial charge in [0.1, 0.15) is 0 Å². The predicted octanol–water partition coefficient (Wildman–Crippen LogP) is 7.72. The van der Waals surface area contributed by atoms with E-state index in [-0.39, 0.29) is 0 Å². The van der Waals surface area contributed by atoms with Crippen molar-refractivity contribution >= 4 is 0 Å². The van der Waals surface area contributed by atoms with Crippen molar-refractivity contribution in [3.05, 3.63) is 0 Å². The lowest BCUT2D eigenvalue weighted by atomic mass is 9.69. The van der Waals surface area contributed by atoms with Gasteiger partial charge in [-0.15, -0.1) is 0 Å². The highest BCUT2D eigenvalue weighted by molar-refractivity contribution is 4.79. The van der Waals surface area contributed by atoms with Crippen molar-refractivity contribution in [3.63, 3.8) is 0 Å². The van der Waals surface area contributed by atoms with Crippen molar-refractivity contribution < 1.29 is 0 Å². The topological polar surface area (TPSA) is 0 Å². The molecule has 0 unspecified atom stereocenters. The van der Waals surface area contributed by atoms with Gasteiger partial charge in [-0.25, -0.2) is 0 Å². The van der Waals surface area contributed by atoms with Crippen LogP contribution in [-0.2, 0) is 0 Å². The van der Waals surface area contributed by atoms with E-state index >= 15 is 0 Å². The maximum Gasteiger partial charge on any atom is -0.0354 e. The summed E-state index contributed by atoms with van der Waals surface area (Å²) < 4.78 is 0. The first-order valence-electron chi connectivity index (χ1n) is 8.95. The molecular weight excluding hydrogens is 228 g/mol. The molecule has 0 aromatic heterocycles. The van der Waals surface area contributed by atoms with Crippen LogP contribution in [0.25, 0.3) is 0 Å². The first-order valence-corrected chi connectivity index (χ1v) is 8.95. The number of rotatable bonds is 1. The molecule has 1 fully saturated rings. The molecule has 1 saturated carbocycles. The van der Waals surface area contributed by atoms with Crippen LogP contribution in [0.5, 0.6) is 0 Å². The van der Waals surface area contributed by atoms with Gasteiger partial charge in [-0.1, -0.05) is 94.9 Å². The Balaban J connectivity index is -0.000000313. The maximum absolute atomic E-state index is 2.39. The zero-order valence-electron chi connectivity index (χ0n) is 15.9. The largest absolute Gasteiger partial charge is 0.0683 e. The summed E-state index contributed by atoms with van der Waals surface area (Å²) in [6, 6.07) is 0. The molecule has 0 spiro atoms. The third kappa shape index (κ3) is 14.2. The van der Waals surface area contributed by atoms with Gasteiger partial charge in [0.25, 0.3) is 0 Å². The molecule has 1 rings (SSSR count). The molecule has 0 heterocycles. The van der Waals surface area contributed by atoms with Gasteiger partial charge < -0.3 is 0 Å². The van der Waals surface area contributed by atoms with E-state index in [1.165, 1.54) is 38.5 Å². The molecule has 1 aliphatic rings. The predicted molar refractivity (Wildman–Crippen MR) is 93.9 cm³/mol. The number of hydrogen-bond donors (Lipinski definition) is 0. The van der Waals surface area contributed by atoms with Crippen LogP contribution in [-0.4, -0.2) is 0 Å². The highest BCUT2D eigenvalue weighted by Gasteiger charge is 2.28. The molecule has 0 bridgehead atoms. The van der Waals surface area contributed by atoms with Crippen molar-refractivity contribution in [2.45, 2.75) is 108 Å². The van der Waals surface area contributed by atoms with E-state index in [9.17, 15) is 0 Å². The number of hydrogen-bond acceptors (Lipinski definition) is 0. The Kier molecular flexibility index (Phi) is 20.3. The molecular formula is C19H44. The minimum Gasteiger partial charge on any atom is -0.0683 e. The fourth-order valence-corrected chi connectivity index (χ4v) is 2.44. The zero-order chi connectivity index (χ0) is 15.9. The molecule has 0 aromatic rings. The fourth-order valence-electron chi connectivity index (χ4n) is 2.44. The minimum absolute atomic E-state index is 0.554. The van der Waals surface area contributed by atoms with Crippen molar-refractivity contribution in [3.8, 4) is 0 Å². The van der Waals surface area contributed by atoms with Gasteiger partial charge in [0, 0.05) is 0 Å². The summed E-state index contributed by atoms with van der Waals surface area (Å²) in [5.74, 6) is 2.03. The lowest BCUT2D eigenvalue weighted by Gasteiger charge is -2.36. The summed E-state index contributed by atoms with van der Waals surface area (Å²) in [6.07, 6.45) is 8.57. The van der Waals surface area contributed by atoms with Gasteiger partial charge in [-0.2, -0.15) is 0 Å². The first-order chi connectivity index (χ1) is 8.95. The second-order valence-electron chi connectivity index (χ2n) is 6.20. The van der Waals surface area contributed by atoms with E-state index in [0.29, 0.717) is 5.41 Å². The summed E-state index contributed by atoms with van der Waals surface area (Å²) in [4.78, 5) is 0. The highest BCUT2D eigenvalue weighted by atomic mass is 14.3. The molecule has 0 nitrogen and oxygen atoms in total. The summed E-state index contributed by atoms with van der Waals surface area (Å²) >= 11 is 0. The van der Waals surface area contributed by atoms with E-state index in [0.717, 1.165) is 11.8 Å². The second kappa shape index (κ2) is 16.1. The first kappa shape index (κ1) is 24.0. The Bertz CT molecular complexity index is 133. The molecule has 0 radical (unpaired) electrons. The van der Waals surface area contributed by atoms with Crippen molar-refractivity contribution in [2.75, 3.05) is 0 Å². The minimum atomic E-state index is 0.554. The van der Waals surface area contributed by atoms with Crippen LogP contribution >= 0.6 is 0 Å². The highest BCUT2D eigenvalue weighted by Crippen LogP contribution is 2.40. The molecule has 0 saturated heterocycles. The summed E-state index contributed by atoms with van der Waals surface area (Å²) in [5, 5.41) is 0. The van der Waals surface area contributed by atoms with Crippen LogP contribution in [0.1, 0.15) is 108 Å². The molecule has 0 N–H and O–H groups in total. The van der Waals surface area contributed by atoms with Crippen LogP contribution in [0, 0.1) is 17.3 Å².